The van der Waals surface area contributed by atoms with Crippen LogP contribution in [0.3, 0.4) is 0 Å². The minimum absolute atomic E-state index is 0.270. The van der Waals surface area contributed by atoms with Gasteiger partial charge in [-0.25, -0.2) is 0 Å². The fourth-order valence-corrected chi connectivity index (χ4v) is 1.88. The maximum atomic E-state index is 11.9. The number of carbonyl (C=O) groups is 1. The van der Waals surface area contributed by atoms with E-state index < -0.39 is 10.4 Å². The number of benzene rings is 1. The van der Waals surface area contributed by atoms with Crippen molar-refractivity contribution in [1.82, 2.24) is 0 Å². The van der Waals surface area contributed by atoms with Crippen molar-refractivity contribution in [2.45, 2.75) is 17.4 Å². The molecule has 0 aliphatic carbocycles. The Morgan fingerprint density at radius 2 is 2.13 bits per heavy atom. The molecule has 1 aromatic carbocycles. The van der Waals surface area contributed by atoms with E-state index in [1.165, 1.54) is 13.0 Å². The standard InChI is InChI=1S/C10H7Cl3O2/c1-10(13)8(14)6-4-5(11)2-3-7(6)15-9(10)12/h2-4,9H,1H3. The van der Waals surface area contributed by atoms with Crippen LogP contribution in [0, 0.1) is 0 Å². The van der Waals surface area contributed by atoms with E-state index in [1.54, 1.807) is 12.1 Å². The van der Waals surface area contributed by atoms with Gasteiger partial charge in [0, 0.05) is 5.02 Å². The van der Waals surface area contributed by atoms with Crippen LogP contribution in [-0.2, 0) is 0 Å². The molecule has 2 rings (SSSR count). The van der Waals surface area contributed by atoms with Gasteiger partial charge in [-0.1, -0.05) is 23.2 Å². The number of rotatable bonds is 0. The first kappa shape index (κ1) is 11.1. The summed E-state index contributed by atoms with van der Waals surface area (Å²) in [4.78, 5) is 10.7. The molecule has 1 heterocycles. The van der Waals surface area contributed by atoms with Crippen LogP contribution in [-0.4, -0.2) is 16.2 Å². The molecule has 0 N–H and O–H groups in total. The monoisotopic (exact) mass is 264 g/mol. The Morgan fingerprint density at radius 1 is 1.47 bits per heavy atom. The highest BCUT2D eigenvalue weighted by molar-refractivity contribution is 6.44. The Kier molecular flexibility index (Phi) is 2.61. The number of halogens is 3. The van der Waals surface area contributed by atoms with Gasteiger partial charge in [-0.2, -0.15) is 0 Å². The highest BCUT2D eigenvalue weighted by Crippen LogP contribution is 2.39. The number of hydrogen-bond donors (Lipinski definition) is 0. The highest BCUT2D eigenvalue weighted by Gasteiger charge is 2.45. The molecule has 0 amide bonds. The second kappa shape index (κ2) is 3.55. The second-order valence-electron chi connectivity index (χ2n) is 3.48. The minimum Gasteiger partial charge on any atom is -0.472 e. The molecule has 1 aromatic rings. The maximum absolute atomic E-state index is 11.9. The number of carbonyl (C=O) groups excluding carboxylic acids is 1. The third-order valence-electron chi connectivity index (χ3n) is 2.29. The molecule has 15 heavy (non-hydrogen) atoms. The zero-order valence-electron chi connectivity index (χ0n) is 7.76. The number of Topliss-reactive ketones (excluding diaryl/α,β-unsaturated/α-hetero) is 1. The molecule has 0 aromatic heterocycles. The van der Waals surface area contributed by atoms with Gasteiger partial charge >= 0.3 is 0 Å². The van der Waals surface area contributed by atoms with E-state index in [-0.39, 0.29) is 5.78 Å². The van der Waals surface area contributed by atoms with Gasteiger partial charge in [0.15, 0.2) is 16.2 Å². The lowest BCUT2D eigenvalue weighted by Gasteiger charge is -2.32. The summed E-state index contributed by atoms with van der Waals surface area (Å²) in [7, 11) is 0. The number of hydrogen-bond acceptors (Lipinski definition) is 2. The summed E-state index contributed by atoms with van der Waals surface area (Å²) >= 11 is 17.7. The quantitative estimate of drug-likeness (QED) is 0.671. The van der Waals surface area contributed by atoms with Crippen molar-refractivity contribution in [3.05, 3.63) is 28.8 Å². The second-order valence-corrected chi connectivity index (χ2v) is 5.10. The number of fused-ring (bicyclic) bond motifs is 1. The summed E-state index contributed by atoms with van der Waals surface area (Å²) in [5.41, 5.74) is -0.503. The van der Waals surface area contributed by atoms with Gasteiger partial charge < -0.3 is 4.74 Å². The zero-order chi connectivity index (χ0) is 11.2. The Balaban J connectivity index is 2.57. The van der Waals surface area contributed by atoms with E-state index in [4.69, 9.17) is 39.5 Å². The summed E-state index contributed by atoms with van der Waals surface area (Å²) in [6.07, 6.45) is 0. The van der Waals surface area contributed by atoms with Crippen LogP contribution < -0.4 is 4.74 Å². The first-order valence-corrected chi connectivity index (χ1v) is 5.46. The molecule has 0 bridgehead atoms. The molecule has 1 aliphatic heterocycles. The molecular formula is C10H7Cl3O2. The molecule has 5 heteroatoms. The van der Waals surface area contributed by atoms with E-state index >= 15 is 0 Å². The SMILES string of the molecule is CC1(Cl)C(=O)c2cc(Cl)ccc2OC1Cl. The van der Waals surface area contributed by atoms with Crippen molar-refractivity contribution in [1.29, 1.82) is 0 Å². The van der Waals surface area contributed by atoms with Gasteiger partial charge in [-0.3, -0.25) is 4.79 Å². The summed E-state index contributed by atoms with van der Waals surface area (Å²) in [5, 5.41) is 0.464. The third kappa shape index (κ3) is 1.71. The molecule has 0 saturated carbocycles. The van der Waals surface area contributed by atoms with E-state index in [1.807, 2.05) is 0 Å². The molecule has 1 aliphatic rings. The zero-order valence-corrected chi connectivity index (χ0v) is 10.0. The van der Waals surface area contributed by atoms with Crippen LogP contribution in [0.25, 0.3) is 0 Å². The van der Waals surface area contributed by atoms with Gasteiger partial charge in [0.25, 0.3) is 0 Å². The van der Waals surface area contributed by atoms with Crippen molar-refractivity contribution >= 4 is 40.6 Å². The van der Waals surface area contributed by atoms with Gasteiger partial charge in [0.1, 0.15) is 5.75 Å². The lowest BCUT2D eigenvalue weighted by molar-refractivity contribution is 0.0845. The lowest BCUT2D eigenvalue weighted by Crippen LogP contribution is -2.45. The van der Waals surface area contributed by atoms with Gasteiger partial charge in [0.2, 0.25) is 0 Å². The van der Waals surface area contributed by atoms with E-state index in [0.29, 0.717) is 16.3 Å². The molecule has 2 nitrogen and oxygen atoms in total. The summed E-state index contributed by atoms with van der Waals surface area (Å²) < 4.78 is 5.33. The first-order chi connectivity index (χ1) is 6.93. The van der Waals surface area contributed by atoms with E-state index in [2.05, 4.69) is 0 Å². The molecule has 0 saturated heterocycles. The van der Waals surface area contributed by atoms with Gasteiger partial charge in [0.05, 0.1) is 5.56 Å². The minimum atomic E-state index is -1.25. The largest absolute Gasteiger partial charge is 0.472 e. The molecule has 80 valence electrons. The topological polar surface area (TPSA) is 26.3 Å². The molecule has 0 fully saturated rings. The fourth-order valence-electron chi connectivity index (χ4n) is 1.37. The normalized spacial score (nSPS) is 29.6. The van der Waals surface area contributed by atoms with Crippen molar-refractivity contribution in [2.75, 3.05) is 0 Å². The van der Waals surface area contributed by atoms with Crippen LogP contribution in [0.1, 0.15) is 17.3 Å². The van der Waals surface area contributed by atoms with Crippen LogP contribution in [0.4, 0.5) is 0 Å². The van der Waals surface area contributed by atoms with Crippen molar-refractivity contribution in [3.63, 3.8) is 0 Å². The average Bonchev–Trinajstić information content (AvgIpc) is 2.17. The molecule has 0 spiro atoms. The average molecular weight is 266 g/mol. The van der Waals surface area contributed by atoms with Crippen molar-refractivity contribution < 1.29 is 9.53 Å². The number of alkyl halides is 2. The maximum Gasteiger partial charge on any atom is 0.198 e. The van der Waals surface area contributed by atoms with Crippen LogP contribution in [0.2, 0.25) is 5.02 Å². The predicted molar refractivity (Wildman–Crippen MR) is 60.3 cm³/mol. The smallest absolute Gasteiger partial charge is 0.198 e. The third-order valence-corrected chi connectivity index (χ3v) is 3.53. The molecule has 2 atom stereocenters. The van der Waals surface area contributed by atoms with E-state index in [9.17, 15) is 4.79 Å². The fraction of sp³-hybridized carbons (Fsp3) is 0.300. The first-order valence-electron chi connectivity index (χ1n) is 4.27. The Labute approximate surface area is 102 Å². The van der Waals surface area contributed by atoms with Crippen molar-refractivity contribution in [2.24, 2.45) is 0 Å². The van der Waals surface area contributed by atoms with Crippen molar-refractivity contribution in [3.8, 4) is 5.75 Å². The molecule has 2 unspecified atom stereocenters. The van der Waals surface area contributed by atoms with Crippen LogP contribution >= 0.6 is 34.8 Å². The molecular weight excluding hydrogens is 258 g/mol. The van der Waals surface area contributed by atoms with Crippen LogP contribution in [0.5, 0.6) is 5.75 Å². The van der Waals surface area contributed by atoms with Gasteiger partial charge in [-0.15, -0.1) is 11.6 Å². The predicted octanol–water partition coefficient (Wildman–Crippen LogP) is 3.48. The Hall–Kier alpha value is -0.440. The Morgan fingerprint density at radius 3 is 2.80 bits per heavy atom. The summed E-state index contributed by atoms with van der Waals surface area (Å²) in [6.45, 7) is 1.53. The highest BCUT2D eigenvalue weighted by atomic mass is 35.5. The molecule has 0 radical (unpaired) electrons. The lowest BCUT2D eigenvalue weighted by atomic mass is 9.96. The number of ether oxygens (including phenoxy) is 1. The Bertz CT molecular complexity index is 429. The number of ketones is 1. The van der Waals surface area contributed by atoms with Crippen LogP contribution in [0.15, 0.2) is 18.2 Å². The summed E-state index contributed by atoms with van der Waals surface area (Å²) in [5.74, 6) is 0.149. The van der Waals surface area contributed by atoms with E-state index in [0.717, 1.165) is 0 Å². The summed E-state index contributed by atoms with van der Waals surface area (Å²) in [6, 6.07) is 4.77. The van der Waals surface area contributed by atoms with Gasteiger partial charge in [-0.05, 0) is 25.1 Å².